The lowest BCUT2D eigenvalue weighted by Gasteiger charge is -1.99. The maximum atomic E-state index is 12.6. The van der Waals surface area contributed by atoms with Crippen molar-refractivity contribution in [3.05, 3.63) is 78.5 Å². The molecule has 0 fully saturated rings. The Balaban J connectivity index is 1.88. The molecule has 0 N–H and O–H groups in total. The summed E-state index contributed by atoms with van der Waals surface area (Å²) in [6, 6.07) is 13.0. The van der Waals surface area contributed by atoms with Crippen molar-refractivity contribution < 1.29 is 0 Å². The van der Waals surface area contributed by atoms with E-state index in [0.29, 0.717) is 30.9 Å². The van der Waals surface area contributed by atoms with Crippen molar-refractivity contribution in [2.24, 2.45) is 0 Å². The Morgan fingerprint density at radius 3 is 2.48 bits per heavy atom. The second-order valence-corrected chi connectivity index (χ2v) is 7.32. The predicted octanol–water partition coefficient (Wildman–Crippen LogP) is 3.98. The molecule has 0 aliphatic carbocycles. The molecule has 4 aromatic rings. The first kappa shape index (κ1) is 16.3. The summed E-state index contributed by atoms with van der Waals surface area (Å²) in [4.78, 5) is 17.7. The Labute approximate surface area is 157 Å². The van der Waals surface area contributed by atoms with Crippen LogP contribution in [0.2, 0.25) is 10.0 Å². The molecule has 7 heteroatoms. The van der Waals surface area contributed by atoms with Gasteiger partial charge < -0.3 is 0 Å². The number of thiazole rings is 1. The largest absolute Gasteiger partial charge is 0.291 e. The van der Waals surface area contributed by atoms with E-state index in [2.05, 4.69) is 10.1 Å². The maximum absolute atomic E-state index is 12.6. The SMILES string of the molecule is Cc1ccccc1-c1nc2s/c(=C\c3c(Cl)cccc3Cl)c(=O)n2n1. The minimum atomic E-state index is -0.233. The zero-order valence-electron chi connectivity index (χ0n) is 13.0. The molecular formula is C18H11Cl2N3OS. The normalized spacial score (nSPS) is 12.2. The molecule has 25 heavy (non-hydrogen) atoms. The van der Waals surface area contributed by atoms with E-state index in [-0.39, 0.29) is 5.56 Å². The Morgan fingerprint density at radius 2 is 1.80 bits per heavy atom. The topological polar surface area (TPSA) is 47.3 Å². The summed E-state index contributed by atoms with van der Waals surface area (Å²) < 4.78 is 1.81. The second kappa shape index (κ2) is 6.26. The van der Waals surface area contributed by atoms with Crippen molar-refractivity contribution in [1.29, 1.82) is 0 Å². The fourth-order valence-electron chi connectivity index (χ4n) is 2.55. The van der Waals surface area contributed by atoms with Crippen LogP contribution in [0.1, 0.15) is 11.1 Å². The number of hydrogen-bond acceptors (Lipinski definition) is 4. The zero-order chi connectivity index (χ0) is 17.6. The molecular weight excluding hydrogens is 377 g/mol. The number of aromatic nitrogens is 3. The highest BCUT2D eigenvalue weighted by Gasteiger charge is 2.13. The van der Waals surface area contributed by atoms with Gasteiger partial charge in [0.1, 0.15) is 0 Å². The fourth-order valence-corrected chi connectivity index (χ4v) is 3.95. The zero-order valence-corrected chi connectivity index (χ0v) is 15.4. The van der Waals surface area contributed by atoms with Crippen molar-refractivity contribution in [1.82, 2.24) is 14.6 Å². The number of hydrogen-bond donors (Lipinski definition) is 0. The number of halogens is 2. The van der Waals surface area contributed by atoms with E-state index in [1.54, 1.807) is 24.3 Å². The Hall–Kier alpha value is -2.21. The van der Waals surface area contributed by atoms with Crippen LogP contribution < -0.4 is 10.1 Å². The van der Waals surface area contributed by atoms with Crippen molar-refractivity contribution in [2.45, 2.75) is 6.92 Å². The summed E-state index contributed by atoms with van der Waals surface area (Å²) in [7, 11) is 0. The van der Waals surface area contributed by atoms with Crippen LogP contribution in [0.5, 0.6) is 0 Å². The van der Waals surface area contributed by atoms with Gasteiger partial charge in [0.05, 0.1) is 4.53 Å². The van der Waals surface area contributed by atoms with Gasteiger partial charge in [0.2, 0.25) is 4.96 Å². The van der Waals surface area contributed by atoms with Gasteiger partial charge in [-0.3, -0.25) is 4.79 Å². The van der Waals surface area contributed by atoms with Gasteiger partial charge in [0, 0.05) is 21.2 Å². The molecule has 0 atom stereocenters. The molecule has 0 unspecified atom stereocenters. The van der Waals surface area contributed by atoms with Gasteiger partial charge >= 0.3 is 0 Å². The highest BCUT2D eigenvalue weighted by atomic mass is 35.5. The number of fused-ring (bicyclic) bond motifs is 1. The Morgan fingerprint density at radius 1 is 1.08 bits per heavy atom. The smallest absolute Gasteiger partial charge is 0.266 e. The molecule has 4 nitrogen and oxygen atoms in total. The average molecular weight is 388 g/mol. The van der Waals surface area contributed by atoms with Crippen LogP contribution in [0.4, 0.5) is 0 Å². The molecule has 2 aromatic heterocycles. The lowest BCUT2D eigenvalue weighted by Crippen LogP contribution is -2.23. The number of aryl methyl sites for hydroxylation is 1. The number of benzene rings is 2. The molecule has 0 aliphatic heterocycles. The van der Waals surface area contributed by atoms with Crippen molar-refractivity contribution in [3.8, 4) is 11.4 Å². The maximum Gasteiger partial charge on any atom is 0.291 e. The summed E-state index contributed by atoms with van der Waals surface area (Å²) >= 11 is 13.6. The van der Waals surface area contributed by atoms with Crippen molar-refractivity contribution >= 4 is 45.6 Å². The highest BCUT2D eigenvalue weighted by molar-refractivity contribution is 7.15. The first-order valence-electron chi connectivity index (χ1n) is 7.46. The minimum Gasteiger partial charge on any atom is -0.266 e. The molecule has 2 heterocycles. The molecule has 0 aliphatic rings. The van der Waals surface area contributed by atoms with Crippen LogP contribution in [0, 0.1) is 6.92 Å². The Kier molecular flexibility index (Phi) is 4.07. The second-order valence-electron chi connectivity index (χ2n) is 5.50. The monoisotopic (exact) mass is 387 g/mol. The van der Waals surface area contributed by atoms with E-state index in [1.165, 1.54) is 15.9 Å². The fraction of sp³-hybridized carbons (Fsp3) is 0.0556. The van der Waals surface area contributed by atoms with Crippen LogP contribution in [0.25, 0.3) is 22.4 Å². The van der Waals surface area contributed by atoms with E-state index in [9.17, 15) is 4.79 Å². The van der Waals surface area contributed by atoms with Gasteiger partial charge in [-0.15, -0.1) is 5.10 Å². The summed E-state index contributed by atoms with van der Waals surface area (Å²) in [5.41, 5.74) is 2.36. The van der Waals surface area contributed by atoms with Gasteiger partial charge in [-0.1, -0.05) is 64.9 Å². The lowest BCUT2D eigenvalue weighted by atomic mass is 10.1. The number of rotatable bonds is 2. The van der Waals surface area contributed by atoms with Crippen molar-refractivity contribution in [2.75, 3.05) is 0 Å². The minimum absolute atomic E-state index is 0.233. The quantitative estimate of drug-likeness (QED) is 0.522. The molecule has 0 amide bonds. The predicted molar refractivity (Wildman–Crippen MR) is 103 cm³/mol. The van der Waals surface area contributed by atoms with Gasteiger partial charge in [-0.25, -0.2) is 0 Å². The van der Waals surface area contributed by atoms with Gasteiger partial charge in [0.25, 0.3) is 5.56 Å². The van der Waals surface area contributed by atoms with E-state index < -0.39 is 0 Å². The van der Waals surface area contributed by atoms with E-state index in [4.69, 9.17) is 23.2 Å². The van der Waals surface area contributed by atoms with E-state index >= 15 is 0 Å². The molecule has 0 spiro atoms. The van der Waals surface area contributed by atoms with Gasteiger partial charge in [-0.05, 0) is 30.7 Å². The summed E-state index contributed by atoms with van der Waals surface area (Å²) in [5, 5.41) is 5.35. The molecule has 0 saturated heterocycles. The van der Waals surface area contributed by atoms with Crippen molar-refractivity contribution in [3.63, 3.8) is 0 Å². The van der Waals surface area contributed by atoms with E-state index in [0.717, 1.165) is 11.1 Å². The van der Waals surface area contributed by atoms with Gasteiger partial charge in [-0.2, -0.15) is 9.50 Å². The summed E-state index contributed by atoms with van der Waals surface area (Å²) in [6.07, 6.45) is 1.68. The summed E-state index contributed by atoms with van der Waals surface area (Å²) in [6.45, 7) is 1.99. The molecule has 0 radical (unpaired) electrons. The third-order valence-electron chi connectivity index (χ3n) is 3.84. The first-order chi connectivity index (χ1) is 12.0. The highest BCUT2D eigenvalue weighted by Crippen LogP contribution is 2.25. The molecule has 0 saturated carbocycles. The average Bonchev–Trinajstić information content (AvgIpc) is 3.11. The first-order valence-corrected chi connectivity index (χ1v) is 9.03. The van der Waals surface area contributed by atoms with Crippen LogP contribution in [0.15, 0.2) is 47.3 Å². The van der Waals surface area contributed by atoms with Crippen LogP contribution in [-0.2, 0) is 0 Å². The Bertz CT molecular complexity index is 1190. The summed E-state index contributed by atoms with van der Waals surface area (Å²) in [5.74, 6) is 0.545. The lowest BCUT2D eigenvalue weighted by molar-refractivity contribution is 0.936. The molecule has 0 bridgehead atoms. The third-order valence-corrected chi connectivity index (χ3v) is 5.46. The van der Waals surface area contributed by atoms with E-state index in [1.807, 2.05) is 31.2 Å². The standard InChI is InChI=1S/C18H11Cl2N3OS/c1-10-5-2-3-6-11(10)16-21-18-23(22-16)17(24)15(25-18)9-12-13(19)7-4-8-14(12)20/h2-9H,1H3/b15-9-. The third kappa shape index (κ3) is 2.84. The number of nitrogens with zero attached hydrogens (tertiary/aromatic N) is 3. The van der Waals surface area contributed by atoms with Crippen LogP contribution >= 0.6 is 34.5 Å². The molecule has 2 aromatic carbocycles. The van der Waals surface area contributed by atoms with Gasteiger partial charge in [0.15, 0.2) is 5.82 Å². The van der Waals surface area contributed by atoms with Crippen LogP contribution in [0.3, 0.4) is 0 Å². The molecule has 4 rings (SSSR count). The molecule has 124 valence electrons. The van der Waals surface area contributed by atoms with Crippen LogP contribution in [-0.4, -0.2) is 14.6 Å².